The van der Waals surface area contributed by atoms with E-state index in [0.29, 0.717) is 16.8 Å². The first-order chi connectivity index (χ1) is 11.2. The Morgan fingerprint density at radius 1 is 0.826 bits per heavy atom. The van der Waals surface area contributed by atoms with Gasteiger partial charge in [0.25, 0.3) is 0 Å². The van der Waals surface area contributed by atoms with Gasteiger partial charge in [0.2, 0.25) is 5.78 Å². The molecule has 2 aromatic rings. The molecule has 1 N–H and O–H groups in total. The Hall–Kier alpha value is -2.68. The van der Waals surface area contributed by atoms with Crippen LogP contribution in [0.3, 0.4) is 0 Å². The summed E-state index contributed by atoms with van der Waals surface area (Å²) in [5.41, 5.74) is 4.69. The van der Waals surface area contributed by atoms with E-state index < -0.39 is 0 Å². The molecule has 0 aliphatic heterocycles. The van der Waals surface area contributed by atoms with Crippen molar-refractivity contribution in [2.75, 3.05) is 5.32 Å². The van der Waals surface area contributed by atoms with Gasteiger partial charge in [0.15, 0.2) is 5.78 Å². The fraction of sp³-hybridized carbons (Fsp3) is 0.200. The standard InChI is InChI=1S/C20H17NO2/c22-19-12-18(21-15-8-2-1-3-9-15)20(23)17-11-14-7-5-4-6-13(14)10-16(17)19/h1-3,8-12,21H,4-7H2. The van der Waals surface area contributed by atoms with Crippen LogP contribution >= 0.6 is 0 Å². The summed E-state index contributed by atoms with van der Waals surface area (Å²) < 4.78 is 0. The molecular formula is C20H17NO2. The van der Waals surface area contributed by atoms with E-state index in [9.17, 15) is 9.59 Å². The van der Waals surface area contributed by atoms with Crippen molar-refractivity contribution >= 4 is 17.3 Å². The molecule has 2 aromatic carbocycles. The Balaban J connectivity index is 1.73. The molecule has 0 unspecified atom stereocenters. The molecule has 0 spiro atoms. The largest absolute Gasteiger partial charge is 0.352 e. The second kappa shape index (κ2) is 5.51. The number of nitrogens with one attached hydrogen (secondary N) is 1. The summed E-state index contributed by atoms with van der Waals surface area (Å²) in [7, 11) is 0. The topological polar surface area (TPSA) is 46.2 Å². The van der Waals surface area contributed by atoms with E-state index in [2.05, 4.69) is 5.32 Å². The predicted octanol–water partition coefficient (Wildman–Crippen LogP) is 3.94. The molecule has 2 aliphatic rings. The van der Waals surface area contributed by atoms with Gasteiger partial charge in [-0.15, -0.1) is 0 Å². The molecular weight excluding hydrogens is 286 g/mol. The molecule has 0 bridgehead atoms. The molecule has 3 heteroatoms. The molecule has 0 fully saturated rings. The number of carbonyl (C=O) groups excluding carboxylic acids is 2. The van der Waals surface area contributed by atoms with Crippen LogP contribution in [-0.2, 0) is 12.8 Å². The third-order valence-electron chi connectivity index (χ3n) is 4.56. The number of rotatable bonds is 2. The first kappa shape index (κ1) is 13.9. The van der Waals surface area contributed by atoms with Crippen molar-refractivity contribution < 1.29 is 9.59 Å². The highest BCUT2D eigenvalue weighted by Gasteiger charge is 2.27. The van der Waals surface area contributed by atoms with E-state index in [4.69, 9.17) is 0 Å². The molecule has 23 heavy (non-hydrogen) atoms. The number of aryl methyl sites for hydroxylation is 2. The third-order valence-corrected chi connectivity index (χ3v) is 4.56. The number of carbonyl (C=O) groups is 2. The Morgan fingerprint density at radius 3 is 2.17 bits per heavy atom. The second-order valence-corrected chi connectivity index (χ2v) is 6.12. The number of hydrogen-bond acceptors (Lipinski definition) is 3. The first-order valence-corrected chi connectivity index (χ1v) is 8.01. The molecule has 0 aromatic heterocycles. The van der Waals surface area contributed by atoms with Gasteiger partial charge in [-0.2, -0.15) is 0 Å². The molecule has 3 nitrogen and oxygen atoms in total. The van der Waals surface area contributed by atoms with Crippen molar-refractivity contribution in [1.82, 2.24) is 0 Å². The van der Waals surface area contributed by atoms with Crippen LogP contribution in [0.1, 0.15) is 44.7 Å². The van der Waals surface area contributed by atoms with E-state index in [1.54, 1.807) is 0 Å². The van der Waals surface area contributed by atoms with Gasteiger partial charge in [-0.3, -0.25) is 9.59 Å². The second-order valence-electron chi connectivity index (χ2n) is 6.12. The predicted molar refractivity (Wildman–Crippen MR) is 89.9 cm³/mol. The lowest BCUT2D eigenvalue weighted by molar-refractivity contribution is 0.0985. The molecule has 4 rings (SSSR count). The summed E-state index contributed by atoms with van der Waals surface area (Å²) in [4.78, 5) is 25.2. The number of Topliss-reactive ketones (excluding diaryl/α,β-unsaturated/α-hetero) is 1. The monoisotopic (exact) mass is 303 g/mol. The van der Waals surface area contributed by atoms with Crippen molar-refractivity contribution in [2.24, 2.45) is 0 Å². The van der Waals surface area contributed by atoms with Crippen molar-refractivity contribution in [3.05, 3.63) is 76.5 Å². The van der Waals surface area contributed by atoms with E-state index in [1.165, 1.54) is 17.2 Å². The van der Waals surface area contributed by atoms with Crippen LogP contribution in [0.15, 0.2) is 54.2 Å². The number of para-hydroxylation sites is 1. The summed E-state index contributed by atoms with van der Waals surface area (Å²) in [5.74, 6) is -0.191. The quantitative estimate of drug-likeness (QED) is 0.914. The summed E-state index contributed by atoms with van der Waals surface area (Å²) in [6.07, 6.45) is 5.73. The number of hydrogen-bond donors (Lipinski definition) is 1. The lowest BCUT2D eigenvalue weighted by Gasteiger charge is -2.22. The van der Waals surface area contributed by atoms with Gasteiger partial charge in [-0.1, -0.05) is 18.2 Å². The zero-order valence-corrected chi connectivity index (χ0v) is 12.8. The first-order valence-electron chi connectivity index (χ1n) is 8.01. The minimum atomic E-state index is -0.100. The maximum atomic E-state index is 12.8. The van der Waals surface area contributed by atoms with Gasteiger partial charge in [-0.05, 0) is 61.1 Å². The highest BCUT2D eigenvalue weighted by atomic mass is 16.1. The Labute approximate surface area is 135 Å². The third kappa shape index (κ3) is 2.48. The molecule has 0 amide bonds. The van der Waals surface area contributed by atoms with Crippen LogP contribution in [0.25, 0.3) is 0 Å². The Bertz CT molecular complexity index is 834. The number of allylic oxidation sites excluding steroid dienone is 2. The van der Waals surface area contributed by atoms with Gasteiger partial charge < -0.3 is 5.32 Å². The molecule has 0 saturated heterocycles. The minimum Gasteiger partial charge on any atom is -0.352 e. The van der Waals surface area contributed by atoms with Crippen molar-refractivity contribution in [3.63, 3.8) is 0 Å². The fourth-order valence-corrected chi connectivity index (χ4v) is 3.37. The van der Waals surface area contributed by atoms with Crippen LogP contribution in [0, 0.1) is 0 Å². The summed E-state index contributed by atoms with van der Waals surface area (Å²) in [6, 6.07) is 13.3. The number of benzene rings is 2. The maximum Gasteiger partial charge on any atom is 0.210 e. The van der Waals surface area contributed by atoms with Crippen molar-refractivity contribution in [3.8, 4) is 0 Å². The Kier molecular flexibility index (Phi) is 3.34. The van der Waals surface area contributed by atoms with Gasteiger partial charge in [0.1, 0.15) is 0 Å². The summed E-state index contributed by atoms with van der Waals surface area (Å²) in [5, 5.41) is 3.07. The Morgan fingerprint density at radius 2 is 1.48 bits per heavy atom. The lowest BCUT2D eigenvalue weighted by Crippen LogP contribution is -2.23. The maximum absolute atomic E-state index is 12.8. The number of fused-ring (bicyclic) bond motifs is 2. The zero-order chi connectivity index (χ0) is 15.8. The van der Waals surface area contributed by atoms with Crippen LogP contribution in [0.4, 0.5) is 5.69 Å². The van der Waals surface area contributed by atoms with Gasteiger partial charge in [0.05, 0.1) is 5.70 Å². The van der Waals surface area contributed by atoms with Gasteiger partial charge >= 0.3 is 0 Å². The lowest BCUT2D eigenvalue weighted by atomic mass is 9.83. The van der Waals surface area contributed by atoms with Crippen molar-refractivity contribution in [2.45, 2.75) is 25.7 Å². The van der Waals surface area contributed by atoms with Crippen molar-refractivity contribution in [1.29, 1.82) is 0 Å². The van der Waals surface area contributed by atoms with Gasteiger partial charge in [-0.25, -0.2) is 0 Å². The highest BCUT2D eigenvalue weighted by molar-refractivity contribution is 6.25. The minimum absolute atomic E-state index is 0.0913. The van der Waals surface area contributed by atoms with E-state index in [-0.39, 0.29) is 11.6 Å². The van der Waals surface area contributed by atoms with E-state index in [1.807, 2.05) is 42.5 Å². The normalized spacial score (nSPS) is 16.4. The SMILES string of the molecule is O=C1C=C(Nc2ccccc2)C(=O)c2cc3c(cc21)CCCC3. The average molecular weight is 303 g/mol. The molecule has 0 atom stereocenters. The average Bonchev–Trinajstić information content (AvgIpc) is 2.59. The number of anilines is 1. The van der Waals surface area contributed by atoms with Crippen LogP contribution in [-0.4, -0.2) is 11.6 Å². The summed E-state index contributed by atoms with van der Waals surface area (Å²) in [6.45, 7) is 0. The smallest absolute Gasteiger partial charge is 0.210 e. The molecule has 0 radical (unpaired) electrons. The fourth-order valence-electron chi connectivity index (χ4n) is 3.37. The highest BCUT2D eigenvalue weighted by Crippen LogP contribution is 2.29. The van der Waals surface area contributed by atoms with E-state index in [0.717, 1.165) is 31.4 Å². The zero-order valence-electron chi connectivity index (χ0n) is 12.8. The number of ketones is 2. The van der Waals surface area contributed by atoms with Crippen LogP contribution in [0.2, 0.25) is 0 Å². The summed E-state index contributed by atoms with van der Waals surface area (Å²) >= 11 is 0. The molecule has 2 aliphatic carbocycles. The molecule has 114 valence electrons. The molecule has 0 heterocycles. The van der Waals surface area contributed by atoms with Crippen LogP contribution < -0.4 is 5.32 Å². The van der Waals surface area contributed by atoms with E-state index >= 15 is 0 Å². The molecule has 0 saturated carbocycles. The van der Waals surface area contributed by atoms with Gasteiger partial charge in [0, 0.05) is 22.9 Å². The van der Waals surface area contributed by atoms with Crippen LogP contribution in [0.5, 0.6) is 0 Å².